The average molecular weight is 393 g/mol. The highest BCUT2D eigenvalue weighted by atomic mass is 35.5. The van der Waals surface area contributed by atoms with E-state index in [0.717, 1.165) is 6.07 Å². The number of rotatable bonds is 6. The molecule has 8 heteroatoms. The number of ether oxygens (including phenoxy) is 2. The first kappa shape index (κ1) is 19.5. The third kappa shape index (κ3) is 4.64. The summed E-state index contributed by atoms with van der Waals surface area (Å²) in [6.45, 7) is 1.40. The van der Waals surface area contributed by atoms with Crippen molar-refractivity contribution >= 4 is 29.0 Å². The van der Waals surface area contributed by atoms with E-state index in [1.165, 1.54) is 37.3 Å². The molecule has 26 heavy (non-hydrogen) atoms. The van der Waals surface area contributed by atoms with Crippen molar-refractivity contribution in [3.8, 4) is 29.4 Å². The van der Waals surface area contributed by atoms with Crippen LogP contribution < -0.4 is 9.47 Å². The van der Waals surface area contributed by atoms with E-state index in [1.807, 2.05) is 0 Å². The number of hydrogen-bond acceptors (Lipinski definition) is 5. The molecule has 0 aliphatic heterocycles. The number of Topliss-reactive ketones (excluding diaryl/α,β-unsaturated/α-hetero) is 1. The fraction of sp³-hybridized carbons (Fsp3) is 0.167. The number of benzene rings is 2. The molecule has 1 atom stereocenters. The van der Waals surface area contributed by atoms with Gasteiger partial charge >= 0.3 is 0 Å². The molecule has 0 aliphatic rings. The molecule has 1 unspecified atom stereocenters. The van der Waals surface area contributed by atoms with E-state index in [4.69, 9.17) is 43.2 Å². The lowest BCUT2D eigenvalue weighted by atomic mass is 10.0. The van der Waals surface area contributed by atoms with Crippen molar-refractivity contribution in [1.29, 1.82) is 10.5 Å². The first-order valence-corrected chi connectivity index (χ1v) is 8.03. The van der Waals surface area contributed by atoms with Gasteiger partial charge < -0.3 is 9.47 Å². The molecule has 5 nitrogen and oxygen atoms in total. The number of carbonyl (C=O) groups excluding carboxylic acids is 1. The van der Waals surface area contributed by atoms with Crippen LogP contribution in [0.1, 0.15) is 6.92 Å². The van der Waals surface area contributed by atoms with Gasteiger partial charge in [0.15, 0.2) is 23.6 Å². The lowest BCUT2D eigenvalue weighted by Gasteiger charge is -2.16. The number of ketones is 1. The van der Waals surface area contributed by atoms with Crippen molar-refractivity contribution in [2.24, 2.45) is 5.92 Å². The van der Waals surface area contributed by atoms with Gasteiger partial charge in [0.2, 0.25) is 5.78 Å². The van der Waals surface area contributed by atoms with E-state index in [0.29, 0.717) is 0 Å². The summed E-state index contributed by atoms with van der Waals surface area (Å²) >= 11 is 11.7. The molecule has 0 fully saturated rings. The van der Waals surface area contributed by atoms with E-state index >= 15 is 0 Å². The van der Waals surface area contributed by atoms with E-state index in [1.54, 1.807) is 12.1 Å². The highest BCUT2D eigenvalue weighted by Crippen LogP contribution is 2.33. The minimum absolute atomic E-state index is 0.0548. The summed E-state index contributed by atoms with van der Waals surface area (Å²) in [7, 11) is 0. The first-order chi connectivity index (χ1) is 12.3. The molecule has 0 radical (unpaired) electrons. The Kier molecular flexibility index (Phi) is 6.41. The highest BCUT2D eigenvalue weighted by Gasteiger charge is 2.25. The van der Waals surface area contributed by atoms with E-state index < -0.39 is 23.6 Å². The summed E-state index contributed by atoms with van der Waals surface area (Å²) in [6, 6.07) is 11.4. The summed E-state index contributed by atoms with van der Waals surface area (Å²) < 4.78 is 24.7. The van der Waals surface area contributed by atoms with E-state index in [-0.39, 0.29) is 27.3 Å². The topological polar surface area (TPSA) is 83.1 Å². The van der Waals surface area contributed by atoms with Gasteiger partial charge in [-0.1, -0.05) is 23.2 Å². The molecule has 0 amide bonds. The molecule has 0 heterocycles. The van der Waals surface area contributed by atoms with Crippen LogP contribution in [0.15, 0.2) is 36.4 Å². The molecular formula is C18H11Cl2FN2O3. The Morgan fingerprint density at radius 1 is 1.12 bits per heavy atom. The number of nitriles is 2. The fourth-order valence-electron chi connectivity index (χ4n) is 1.96. The summed E-state index contributed by atoms with van der Waals surface area (Å²) in [5, 5.41) is 18.0. The number of hydrogen-bond donors (Lipinski definition) is 0. The van der Waals surface area contributed by atoms with Crippen molar-refractivity contribution in [1.82, 2.24) is 0 Å². The predicted molar refractivity (Wildman–Crippen MR) is 92.7 cm³/mol. The van der Waals surface area contributed by atoms with Crippen LogP contribution in [0.25, 0.3) is 0 Å². The van der Waals surface area contributed by atoms with E-state index in [2.05, 4.69) is 0 Å². The molecule has 0 spiro atoms. The number of nitrogens with zero attached hydrogens (tertiary/aromatic N) is 2. The van der Waals surface area contributed by atoms with Gasteiger partial charge in [0.25, 0.3) is 0 Å². The Labute approximate surface area is 159 Å². The zero-order valence-electron chi connectivity index (χ0n) is 13.4. The summed E-state index contributed by atoms with van der Waals surface area (Å²) in [4.78, 5) is 12.0. The van der Waals surface area contributed by atoms with Crippen LogP contribution in [0.2, 0.25) is 10.0 Å². The normalized spacial score (nSPS) is 11.3. The van der Waals surface area contributed by atoms with Crippen LogP contribution in [0, 0.1) is 34.4 Å². The van der Waals surface area contributed by atoms with Crippen molar-refractivity contribution in [2.45, 2.75) is 13.0 Å². The maximum Gasteiger partial charge on any atom is 0.204 e. The molecule has 0 N–H and O–H groups in total. The molecule has 2 aromatic carbocycles. The Bertz CT molecular complexity index is 908. The lowest BCUT2D eigenvalue weighted by molar-refractivity contribution is -0.126. The minimum atomic E-state index is -1.44. The molecular weight excluding hydrogens is 382 g/mol. The van der Waals surface area contributed by atoms with E-state index in [9.17, 15) is 9.18 Å². The standard InChI is InChI=1S/C18H11Cl2FN2O3/c1-10(18(24)11(8-22)9-23)25-17-7-13(3-4-14(17)20)26-16-5-2-12(19)6-15(16)21/h2-7,10-11H,1H3. The molecule has 132 valence electrons. The van der Waals surface area contributed by atoms with Crippen LogP contribution in [0.5, 0.6) is 17.2 Å². The Hall–Kier alpha value is -2.80. The van der Waals surface area contributed by atoms with Gasteiger partial charge in [-0.15, -0.1) is 0 Å². The first-order valence-electron chi connectivity index (χ1n) is 7.27. The Morgan fingerprint density at radius 3 is 2.42 bits per heavy atom. The van der Waals surface area contributed by atoms with Gasteiger partial charge in [-0.05, 0) is 37.3 Å². The molecule has 0 aliphatic carbocycles. The lowest BCUT2D eigenvalue weighted by Crippen LogP contribution is -2.29. The van der Waals surface area contributed by atoms with Crippen LogP contribution in [-0.4, -0.2) is 11.9 Å². The molecule has 0 saturated carbocycles. The van der Waals surface area contributed by atoms with Crippen molar-refractivity contribution in [3.05, 3.63) is 52.3 Å². The van der Waals surface area contributed by atoms with Crippen LogP contribution >= 0.6 is 23.2 Å². The summed E-state index contributed by atoms with van der Waals surface area (Å²) in [5.41, 5.74) is 0. The SMILES string of the molecule is CC(Oc1cc(Oc2ccc(Cl)cc2F)ccc1Cl)C(=O)C(C#N)C#N. The molecule has 0 saturated heterocycles. The third-order valence-corrected chi connectivity index (χ3v) is 3.82. The smallest absolute Gasteiger partial charge is 0.204 e. The average Bonchev–Trinajstić information content (AvgIpc) is 2.61. The maximum absolute atomic E-state index is 13.8. The third-order valence-electron chi connectivity index (χ3n) is 3.27. The summed E-state index contributed by atoms with van der Waals surface area (Å²) in [5.74, 6) is -2.53. The number of carbonyl (C=O) groups is 1. The molecule has 2 rings (SSSR count). The molecule has 0 bridgehead atoms. The highest BCUT2D eigenvalue weighted by molar-refractivity contribution is 6.32. The van der Waals surface area contributed by atoms with Crippen molar-refractivity contribution in [3.63, 3.8) is 0 Å². The molecule has 2 aromatic rings. The van der Waals surface area contributed by atoms with Gasteiger partial charge in [-0.25, -0.2) is 4.39 Å². The van der Waals surface area contributed by atoms with Crippen molar-refractivity contribution < 1.29 is 18.7 Å². The second kappa shape index (κ2) is 8.53. The minimum Gasteiger partial charge on any atom is -0.481 e. The van der Waals surface area contributed by atoms with Gasteiger partial charge in [0.1, 0.15) is 11.5 Å². The fourth-order valence-corrected chi connectivity index (χ4v) is 2.28. The zero-order chi connectivity index (χ0) is 19.3. The van der Waals surface area contributed by atoms with Crippen LogP contribution in [0.3, 0.4) is 0 Å². The van der Waals surface area contributed by atoms with Gasteiger partial charge in [-0.2, -0.15) is 10.5 Å². The second-order valence-corrected chi connectivity index (χ2v) is 5.97. The molecule has 0 aromatic heterocycles. The second-order valence-electron chi connectivity index (χ2n) is 5.12. The van der Waals surface area contributed by atoms with Gasteiger partial charge in [-0.3, -0.25) is 4.79 Å². The maximum atomic E-state index is 13.8. The van der Waals surface area contributed by atoms with Crippen LogP contribution in [-0.2, 0) is 4.79 Å². The van der Waals surface area contributed by atoms with Gasteiger partial charge in [0, 0.05) is 11.1 Å². The number of halogens is 3. The van der Waals surface area contributed by atoms with Crippen LogP contribution in [0.4, 0.5) is 4.39 Å². The largest absolute Gasteiger partial charge is 0.481 e. The van der Waals surface area contributed by atoms with Crippen molar-refractivity contribution in [2.75, 3.05) is 0 Å². The quantitative estimate of drug-likeness (QED) is 0.695. The monoisotopic (exact) mass is 392 g/mol. The van der Waals surface area contributed by atoms with Gasteiger partial charge in [0.05, 0.1) is 17.2 Å². The Balaban J connectivity index is 2.21. The predicted octanol–water partition coefficient (Wildman–Crippen LogP) is 4.92. The zero-order valence-corrected chi connectivity index (χ0v) is 14.9. The summed E-state index contributed by atoms with van der Waals surface area (Å²) in [6.07, 6.45) is -1.08. The Morgan fingerprint density at radius 2 is 1.81 bits per heavy atom.